The van der Waals surface area contributed by atoms with Crippen LogP contribution in [-0.4, -0.2) is 22.9 Å². The van der Waals surface area contributed by atoms with Crippen molar-refractivity contribution in [3.8, 4) is 0 Å². The molecule has 7 nitrogen and oxygen atoms in total. The highest BCUT2D eigenvalue weighted by molar-refractivity contribution is 7.85. The van der Waals surface area contributed by atoms with Crippen molar-refractivity contribution in [2.45, 2.75) is 11.8 Å². The first-order valence-corrected chi connectivity index (χ1v) is 9.76. The van der Waals surface area contributed by atoms with Gasteiger partial charge in [0.25, 0.3) is 10.1 Å². The lowest BCUT2D eigenvalue weighted by atomic mass is 9.99. The molecule has 0 aliphatic heterocycles. The first kappa shape index (κ1) is 19.3. The zero-order valence-corrected chi connectivity index (χ0v) is 15.8. The lowest BCUT2D eigenvalue weighted by Gasteiger charge is -2.14. The Kier molecular flexibility index (Phi) is 5.56. The molecule has 0 atom stereocenters. The molecule has 1 heterocycles. The molecule has 8 heteroatoms. The number of hydrogen-bond acceptors (Lipinski definition) is 6. The Hall–Kier alpha value is -3.45. The van der Waals surface area contributed by atoms with E-state index in [1.807, 2.05) is 37.3 Å². The van der Waals surface area contributed by atoms with Gasteiger partial charge in [-0.25, -0.2) is 9.97 Å². The third kappa shape index (κ3) is 4.27. The minimum atomic E-state index is -4.26. The van der Waals surface area contributed by atoms with E-state index in [2.05, 4.69) is 21.0 Å². The lowest BCUT2D eigenvalue weighted by Crippen LogP contribution is -2.06. The van der Waals surface area contributed by atoms with Gasteiger partial charge in [-0.15, -0.1) is 5.73 Å². The van der Waals surface area contributed by atoms with Crippen LogP contribution in [0.25, 0.3) is 5.57 Å². The molecule has 4 N–H and O–H groups in total. The number of nitrogens with one attached hydrogen (secondary N) is 1. The third-order valence-corrected chi connectivity index (χ3v) is 4.76. The van der Waals surface area contributed by atoms with E-state index >= 15 is 0 Å². The summed E-state index contributed by atoms with van der Waals surface area (Å²) < 4.78 is 31.5. The largest absolute Gasteiger partial charge is 0.383 e. The van der Waals surface area contributed by atoms with E-state index in [4.69, 9.17) is 10.3 Å². The zero-order chi connectivity index (χ0) is 20.1. The van der Waals surface area contributed by atoms with E-state index in [0.29, 0.717) is 17.1 Å². The Morgan fingerprint density at radius 1 is 1.11 bits per heavy atom. The molecule has 0 radical (unpaired) electrons. The smallest absolute Gasteiger partial charge is 0.294 e. The second-order valence-corrected chi connectivity index (χ2v) is 7.20. The molecule has 0 amide bonds. The Morgan fingerprint density at radius 3 is 2.39 bits per heavy atom. The fourth-order valence-corrected chi connectivity index (χ4v) is 3.12. The van der Waals surface area contributed by atoms with Crippen LogP contribution >= 0.6 is 0 Å². The number of nitrogen functional groups attached to an aromatic ring is 1. The van der Waals surface area contributed by atoms with Crippen LogP contribution in [0.15, 0.2) is 77.6 Å². The summed E-state index contributed by atoms with van der Waals surface area (Å²) >= 11 is 0. The molecule has 28 heavy (non-hydrogen) atoms. The number of aromatic nitrogens is 2. The molecule has 0 aliphatic rings. The topological polar surface area (TPSA) is 118 Å². The van der Waals surface area contributed by atoms with E-state index in [9.17, 15) is 8.42 Å². The first-order chi connectivity index (χ1) is 13.4. The van der Waals surface area contributed by atoms with Crippen LogP contribution in [0.2, 0.25) is 0 Å². The van der Waals surface area contributed by atoms with Gasteiger partial charge in [-0.2, -0.15) is 8.42 Å². The van der Waals surface area contributed by atoms with Crippen molar-refractivity contribution in [2.75, 3.05) is 11.1 Å². The van der Waals surface area contributed by atoms with Crippen LogP contribution in [0.1, 0.15) is 18.1 Å². The molecule has 2 aromatic carbocycles. The highest BCUT2D eigenvalue weighted by Crippen LogP contribution is 2.32. The molecule has 0 bridgehead atoms. The number of hydrogen-bond donors (Lipinski definition) is 3. The molecule has 0 saturated heterocycles. The van der Waals surface area contributed by atoms with Crippen LogP contribution in [0, 0.1) is 0 Å². The van der Waals surface area contributed by atoms with Gasteiger partial charge in [0.2, 0.25) is 0 Å². The number of nitrogens with zero attached hydrogens (tertiary/aromatic N) is 2. The molecule has 0 aliphatic carbocycles. The van der Waals surface area contributed by atoms with Crippen molar-refractivity contribution in [2.24, 2.45) is 0 Å². The van der Waals surface area contributed by atoms with Crippen LogP contribution in [0.4, 0.5) is 17.3 Å². The molecule has 3 rings (SSSR count). The van der Waals surface area contributed by atoms with E-state index in [1.54, 1.807) is 6.08 Å². The van der Waals surface area contributed by atoms with Crippen LogP contribution < -0.4 is 11.1 Å². The fourth-order valence-electron chi connectivity index (χ4n) is 2.64. The minimum absolute atomic E-state index is 0.195. The van der Waals surface area contributed by atoms with Gasteiger partial charge in [0.1, 0.15) is 18.0 Å². The Labute approximate surface area is 163 Å². The van der Waals surface area contributed by atoms with Crippen molar-refractivity contribution >= 4 is 33.0 Å². The van der Waals surface area contributed by atoms with E-state index < -0.39 is 10.1 Å². The van der Waals surface area contributed by atoms with Crippen molar-refractivity contribution in [1.29, 1.82) is 0 Å². The maximum absolute atomic E-state index is 11.2. The van der Waals surface area contributed by atoms with Gasteiger partial charge in [0.05, 0.1) is 10.5 Å². The van der Waals surface area contributed by atoms with Crippen LogP contribution in [0.3, 0.4) is 0 Å². The quantitative estimate of drug-likeness (QED) is 0.446. The second-order valence-electron chi connectivity index (χ2n) is 5.78. The highest BCUT2D eigenvalue weighted by atomic mass is 32.2. The zero-order valence-electron chi connectivity index (χ0n) is 15.0. The molecular weight excluding hydrogens is 376 g/mol. The first-order valence-electron chi connectivity index (χ1n) is 8.32. The average molecular weight is 394 g/mol. The molecule has 142 valence electrons. The maximum atomic E-state index is 11.2. The van der Waals surface area contributed by atoms with Crippen LogP contribution in [0.5, 0.6) is 0 Å². The number of nitrogens with two attached hydrogens (primary N) is 1. The molecule has 0 fully saturated rings. The van der Waals surface area contributed by atoms with E-state index in [-0.39, 0.29) is 10.7 Å². The van der Waals surface area contributed by atoms with Crippen molar-refractivity contribution < 1.29 is 13.0 Å². The van der Waals surface area contributed by atoms with Crippen molar-refractivity contribution in [3.05, 3.63) is 83.9 Å². The monoisotopic (exact) mass is 394 g/mol. The normalized spacial score (nSPS) is 10.8. The summed E-state index contributed by atoms with van der Waals surface area (Å²) in [5, 5.41) is 3.12. The molecular formula is C20H18N4O3S. The van der Waals surface area contributed by atoms with Gasteiger partial charge in [0.15, 0.2) is 0 Å². The predicted molar refractivity (Wildman–Crippen MR) is 109 cm³/mol. The number of anilines is 3. The summed E-state index contributed by atoms with van der Waals surface area (Å²) in [4.78, 5) is 8.19. The summed E-state index contributed by atoms with van der Waals surface area (Å²) in [6, 6.07) is 15.2. The summed E-state index contributed by atoms with van der Waals surface area (Å²) in [5.74, 6) is 0.723. The second kappa shape index (κ2) is 8.06. The highest BCUT2D eigenvalue weighted by Gasteiger charge is 2.16. The lowest BCUT2D eigenvalue weighted by molar-refractivity contribution is 0.483. The van der Waals surface area contributed by atoms with Crippen molar-refractivity contribution in [1.82, 2.24) is 9.97 Å². The summed E-state index contributed by atoms with van der Waals surface area (Å²) in [6.07, 6.45) is 3.12. The van der Waals surface area contributed by atoms with Crippen molar-refractivity contribution in [3.63, 3.8) is 0 Å². The fraction of sp³-hybridized carbons (Fsp3) is 0.0500. The molecule has 0 saturated carbocycles. The third-order valence-electron chi connectivity index (χ3n) is 3.89. The van der Waals surface area contributed by atoms with Gasteiger partial charge in [0, 0.05) is 11.3 Å². The van der Waals surface area contributed by atoms with Gasteiger partial charge >= 0.3 is 0 Å². The van der Waals surface area contributed by atoms with Gasteiger partial charge in [-0.05, 0) is 42.8 Å². The van der Waals surface area contributed by atoms with Gasteiger partial charge in [-0.3, -0.25) is 4.55 Å². The van der Waals surface area contributed by atoms with E-state index in [1.165, 1.54) is 30.6 Å². The van der Waals surface area contributed by atoms with Gasteiger partial charge < -0.3 is 11.1 Å². The molecule has 0 unspecified atom stereocenters. The molecule has 3 aromatic rings. The van der Waals surface area contributed by atoms with Crippen LogP contribution in [-0.2, 0) is 10.1 Å². The maximum Gasteiger partial charge on any atom is 0.294 e. The Bertz CT molecular complexity index is 1150. The summed E-state index contributed by atoms with van der Waals surface area (Å²) in [7, 11) is -4.26. The van der Waals surface area contributed by atoms with Gasteiger partial charge in [-0.1, -0.05) is 30.3 Å². The Morgan fingerprint density at radius 2 is 1.79 bits per heavy atom. The summed E-state index contributed by atoms with van der Waals surface area (Å²) in [5.41, 5.74) is 12.1. The predicted octanol–water partition coefficient (Wildman–Crippen LogP) is 3.66. The average Bonchev–Trinajstić information content (AvgIpc) is 2.67. The Balaban J connectivity index is 2.07. The SMILES string of the molecule is CC=C=C(c1ccccc1)c1c(N)ncnc1Nc1ccc(S(=O)(=O)O)cc1. The standard InChI is InChI=1S/C20H18N4O3S/c1-2-6-17(14-7-4-3-5-8-14)18-19(21)22-13-23-20(18)24-15-9-11-16(12-10-15)28(25,26)27/h2-5,7-13H,1H3,(H,25,26,27)(H3,21,22,23,24). The number of benzene rings is 2. The number of rotatable bonds is 5. The molecule has 1 aromatic heterocycles. The minimum Gasteiger partial charge on any atom is -0.383 e. The molecule has 0 spiro atoms. The summed E-state index contributed by atoms with van der Waals surface area (Å²) in [6.45, 7) is 1.85. The number of allylic oxidation sites excluding steroid dienone is 1. The van der Waals surface area contributed by atoms with E-state index in [0.717, 1.165) is 11.1 Å².